The minimum atomic E-state index is 0.109. The summed E-state index contributed by atoms with van der Waals surface area (Å²) >= 11 is 1.60. The molecule has 0 amide bonds. The number of rotatable bonds is 5. The molecule has 124 valence electrons. The van der Waals surface area contributed by atoms with Gasteiger partial charge in [-0.25, -0.2) is 4.98 Å². The van der Waals surface area contributed by atoms with Crippen molar-refractivity contribution in [3.05, 3.63) is 65.2 Å². The zero-order valence-corrected chi connectivity index (χ0v) is 14.3. The molecule has 7 heteroatoms. The molecule has 1 N–H and O–H groups in total. The fourth-order valence-corrected chi connectivity index (χ4v) is 3.07. The normalized spacial score (nSPS) is 12.0. The van der Waals surface area contributed by atoms with Crippen LogP contribution in [-0.4, -0.2) is 20.1 Å². The van der Waals surface area contributed by atoms with Crippen molar-refractivity contribution in [2.45, 2.75) is 13.0 Å². The van der Waals surface area contributed by atoms with Gasteiger partial charge in [-0.05, 0) is 23.9 Å². The summed E-state index contributed by atoms with van der Waals surface area (Å²) in [5, 5.41) is 11.4. The summed E-state index contributed by atoms with van der Waals surface area (Å²) in [7, 11) is 0. The van der Waals surface area contributed by atoms with Crippen molar-refractivity contribution >= 4 is 17.2 Å². The van der Waals surface area contributed by atoms with Gasteiger partial charge in [-0.15, -0.1) is 0 Å². The molecular weight excluding hydrogens is 334 g/mol. The molecule has 3 aromatic heterocycles. The predicted octanol–water partition coefficient (Wildman–Crippen LogP) is 4.43. The van der Waals surface area contributed by atoms with Crippen LogP contribution in [0, 0.1) is 0 Å². The van der Waals surface area contributed by atoms with Gasteiger partial charge in [0.2, 0.25) is 5.82 Å². The molecule has 3 heterocycles. The smallest absolute Gasteiger partial charge is 0.259 e. The molecule has 4 rings (SSSR count). The quantitative estimate of drug-likeness (QED) is 0.574. The molecule has 1 aromatic carbocycles. The largest absolute Gasteiger partial charge is 0.362 e. The van der Waals surface area contributed by atoms with E-state index in [1.165, 1.54) is 0 Å². The van der Waals surface area contributed by atoms with Crippen molar-refractivity contribution in [1.82, 2.24) is 20.1 Å². The zero-order valence-electron chi connectivity index (χ0n) is 13.5. The molecule has 1 atom stereocenters. The third-order valence-electron chi connectivity index (χ3n) is 3.79. The van der Waals surface area contributed by atoms with Crippen LogP contribution in [0.2, 0.25) is 0 Å². The Morgan fingerprint density at radius 1 is 1.08 bits per heavy atom. The van der Waals surface area contributed by atoms with Crippen LogP contribution in [0.1, 0.15) is 18.5 Å². The highest BCUT2D eigenvalue weighted by atomic mass is 32.1. The molecule has 0 saturated carbocycles. The summed E-state index contributed by atoms with van der Waals surface area (Å²) in [6.07, 6.45) is 5.02. The first kappa shape index (κ1) is 15.5. The lowest BCUT2D eigenvalue weighted by Crippen LogP contribution is -2.07. The molecular formula is C18H15N5OS. The van der Waals surface area contributed by atoms with E-state index in [1.54, 1.807) is 29.9 Å². The first-order chi connectivity index (χ1) is 12.3. The summed E-state index contributed by atoms with van der Waals surface area (Å²) in [4.78, 5) is 12.7. The van der Waals surface area contributed by atoms with Gasteiger partial charge in [-0.2, -0.15) is 16.3 Å². The highest BCUT2D eigenvalue weighted by Crippen LogP contribution is 2.25. The number of nitrogens with zero attached hydrogens (tertiary/aromatic N) is 4. The Labute approximate surface area is 148 Å². The number of hydrogen-bond donors (Lipinski definition) is 1. The van der Waals surface area contributed by atoms with Crippen molar-refractivity contribution in [1.29, 1.82) is 0 Å². The van der Waals surface area contributed by atoms with E-state index in [1.807, 2.05) is 41.1 Å². The number of hydrogen-bond acceptors (Lipinski definition) is 7. The molecule has 6 nitrogen and oxygen atoms in total. The first-order valence-electron chi connectivity index (χ1n) is 7.79. The van der Waals surface area contributed by atoms with Gasteiger partial charge >= 0.3 is 0 Å². The van der Waals surface area contributed by atoms with E-state index in [9.17, 15) is 0 Å². The summed E-state index contributed by atoms with van der Waals surface area (Å²) < 4.78 is 5.34. The molecule has 0 aliphatic heterocycles. The zero-order chi connectivity index (χ0) is 17.1. The molecule has 4 aromatic rings. The van der Waals surface area contributed by atoms with Gasteiger partial charge in [0, 0.05) is 29.4 Å². The van der Waals surface area contributed by atoms with Gasteiger partial charge in [0.25, 0.3) is 5.89 Å². The second-order valence-electron chi connectivity index (χ2n) is 5.51. The Hall–Kier alpha value is -3.06. The van der Waals surface area contributed by atoms with E-state index in [0.717, 1.165) is 22.5 Å². The fourth-order valence-electron chi connectivity index (χ4n) is 2.44. The molecule has 25 heavy (non-hydrogen) atoms. The second-order valence-corrected chi connectivity index (χ2v) is 6.29. The molecule has 0 radical (unpaired) electrons. The second kappa shape index (κ2) is 6.82. The lowest BCUT2D eigenvalue weighted by atomic mass is 10.1. The molecule has 0 saturated heterocycles. The first-order valence-corrected chi connectivity index (χ1v) is 8.73. The monoisotopic (exact) mass is 349 g/mol. The van der Waals surface area contributed by atoms with E-state index >= 15 is 0 Å². The maximum atomic E-state index is 5.34. The molecule has 0 fully saturated rings. The van der Waals surface area contributed by atoms with Gasteiger partial charge in [-0.1, -0.05) is 29.4 Å². The van der Waals surface area contributed by atoms with Gasteiger partial charge < -0.3 is 9.84 Å². The third-order valence-corrected chi connectivity index (χ3v) is 4.47. The fraction of sp³-hybridized carbons (Fsp3) is 0.111. The average molecular weight is 349 g/mol. The SMILES string of the molecule is C[C@@H](Nc1cnccn1)c1ccc(-c2noc(-c3ccsc3)n2)cc1. The van der Waals surface area contributed by atoms with Crippen LogP contribution in [0.3, 0.4) is 0 Å². The van der Waals surface area contributed by atoms with Crippen molar-refractivity contribution in [3.8, 4) is 22.8 Å². The summed E-state index contributed by atoms with van der Waals surface area (Å²) in [6, 6.07) is 10.1. The van der Waals surface area contributed by atoms with Crippen LogP contribution in [0.15, 0.2) is 64.2 Å². The Morgan fingerprint density at radius 3 is 2.68 bits per heavy atom. The Kier molecular flexibility index (Phi) is 4.22. The Balaban J connectivity index is 1.50. The number of aromatic nitrogens is 4. The summed E-state index contributed by atoms with van der Waals surface area (Å²) in [5.41, 5.74) is 3.00. The Morgan fingerprint density at radius 2 is 1.96 bits per heavy atom. The molecule has 0 aliphatic rings. The van der Waals surface area contributed by atoms with E-state index in [2.05, 4.69) is 32.3 Å². The third kappa shape index (κ3) is 3.41. The molecule has 0 spiro atoms. The number of nitrogens with one attached hydrogen (secondary N) is 1. The van der Waals surface area contributed by atoms with E-state index in [0.29, 0.717) is 11.7 Å². The van der Waals surface area contributed by atoms with Gasteiger partial charge in [-0.3, -0.25) is 4.98 Å². The lowest BCUT2D eigenvalue weighted by Gasteiger charge is -2.14. The van der Waals surface area contributed by atoms with Crippen molar-refractivity contribution in [3.63, 3.8) is 0 Å². The van der Waals surface area contributed by atoms with Crippen molar-refractivity contribution < 1.29 is 4.52 Å². The summed E-state index contributed by atoms with van der Waals surface area (Å²) in [5.74, 6) is 1.87. The minimum absolute atomic E-state index is 0.109. The Bertz CT molecular complexity index is 935. The average Bonchev–Trinajstić information content (AvgIpc) is 3.34. The van der Waals surface area contributed by atoms with Gasteiger partial charge in [0.1, 0.15) is 5.82 Å². The van der Waals surface area contributed by atoms with Crippen LogP contribution in [0.5, 0.6) is 0 Å². The lowest BCUT2D eigenvalue weighted by molar-refractivity contribution is 0.432. The number of benzene rings is 1. The number of thiophene rings is 1. The maximum Gasteiger partial charge on any atom is 0.259 e. The topological polar surface area (TPSA) is 76.7 Å². The van der Waals surface area contributed by atoms with Crippen LogP contribution >= 0.6 is 11.3 Å². The van der Waals surface area contributed by atoms with Crippen LogP contribution in [-0.2, 0) is 0 Å². The van der Waals surface area contributed by atoms with Gasteiger partial charge in [0.15, 0.2) is 0 Å². The highest BCUT2D eigenvalue weighted by molar-refractivity contribution is 7.08. The summed E-state index contributed by atoms with van der Waals surface area (Å²) in [6.45, 7) is 2.08. The molecule has 0 unspecified atom stereocenters. The van der Waals surface area contributed by atoms with E-state index < -0.39 is 0 Å². The maximum absolute atomic E-state index is 5.34. The molecule has 0 aliphatic carbocycles. The van der Waals surface area contributed by atoms with Crippen LogP contribution in [0.4, 0.5) is 5.82 Å². The predicted molar refractivity (Wildman–Crippen MR) is 97.1 cm³/mol. The van der Waals surface area contributed by atoms with E-state index in [4.69, 9.17) is 4.52 Å². The molecule has 0 bridgehead atoms. The van der Waals surface area contributed by atoms with Crippen LogP contribution < -0.4 is 5.32 Å². The van der Waals surface area contributed by atoms with Gasteiger partial charge in [0.05, 0.1) is 11.8 Å². The van der Waals surface area contributed by atoms with Crippen LogP contribution in [0.25, 0.3) is 22.8 Å². The van der Waals surface area contributed by atoms with Crippen molar-refractivity contribution in [2.75, 3.05) is 5.32 Å². The number of anilines is 1. The standard InChI is InChI=1S/C18H15N5OS/c1-12(21-16-10-19-7-8-20-16)13-2-4-14(5-3-13)17-22-18(24-23-17)15-6-9-25-11-15/h2-12H,1H3,(H,20,21)/t12-/m1/s1. The van der Waals surface area contributed by atoms with E-state index in [-0.39, 0.29) is 6.04 Å². The minimum Gasteiger partial charge on any atom is -0.362 e. The highest BCUT2D eigenvalue weighted by Gasteiger charge is 2.12. The van der Waals surface area contributed by atoms with Crippen molar-refractivity contribution in [2.24, 2.45) is 0 Å².